The molecule has 0 spiro atoms. The molecule has 1 atom stereocenters. The lowest BCUT2D eigenvalue weighted by Gasteiger charge is -2.25. The summed E-state index contributed by atoms with van der Waals surface area (Å²) in [4.78, 5) is 2.31. The van der Waals surface area contributed by atoms with Gasteiger partial charge in [0.05, 0.1) is 6.10 Å². The van der Waals surface area contributed by atoms with E-state index in [1.54, 1.807) is 0 Å². The molecule has 108 valence electrons. The van der Waals surface area contributed by atoms with E-state index in [9.17, 15) is 0 Å². The Hall–Kier alpha value is -1.22. The molecular weight excluding hydrogens is 236 g/mol. The summed E-state index contributed by atoms with van der Waals surface area (Å²) in [7, 11) is 4.16. The van der Waals surface area contributed by atoms with Crippen LogP contribution in [0.25, 0.3) is 0 Å². The molecule has 0 saturated heterocycles. The summed E-state index contributed by atoms with van der Waals surface area (Å²) < 4.78 is 5.66. The first-order valence-electron chi connectivity index (χ1n) is 7.19. The Balaban J connectivity index is 2.59. The number of hydrogen-bond donors (Lipinski definition) is 1. The highest BCUT2D eigenvalue weighted by atomic mass is 16.5. The minimum Gasteiger partial charge on any atom is -0.491 e. The third-order valence-electron chi connectivity index (χ3n) is 3.25. The van der Waals surface area contributed by atoms with Crippen molar-refractivity contribution in [3.8, 4) is 5.75 Å². The first kappa shape index (κ1) is 15.8. The second-order valence-electron chi connectivity index (χ2n) is 5.37. The maximum Gasteiger partial charge on any atom is 0.119 e. The van der Waals surface area contributed by atoms with Crippen LogP contribution in [0.4, 0.5) is 5.69 Å². The molecule has 0 heterocycles. The molecule has 1 aromatic carbocycles. The average Bonchev–Trinajstić information content (AvgIpc) is 2.38. The monoisotopic (exact) mass is 264 g/mol. The molecule has 1 aromatic rings. The molecule has 0 fully saturated rings. The fraction of sp³-hybridized carbons (Fsp3) is 0.625. The average molecular weight is 264 g/mol. The van der Waals surface area contributed by atoms with E-state index in [4.69, 9.17) is 4.74 Å². The lowest BCUT2D eigenvalue weighted by molar-refractivity contribution is 0.242. The van der Waals surface area contributed by atoms with E-state index in [2.05, 4.69) is 36.3 Å². The smallest absolute Gasteiger partial charge is 0.119 e. The van der Waals surface area contributed by atoms with Gasteiger partial charge in [-0.25, -0.2) is 0 Å². The molecule has 0 amide bonds. The molecule has 3 nitrogen and oxygen atoms in total. The van der Waals surface area contributed by atoms with Gasteiger partial charge in [-0.2, -0.15) is 0 Å². The standard InChI is InChI=1S/C16H28N2O/c1-6-14(11-17-4)12-18(5)15-7-9-16(10-8-15)19-13(2)3/h7-10,13-14,17H,6,11-12H2,1-5H3. The van der Waals surface area contributed by atoms with Crippen LogP contribution in [0.2, 0.25) is 0 Å². The maximum atomic E-state index is 5.66. The van der Waals surface area contributed by atoms with Gasteiger partial charge in [-0.15, -0.1) is 0 Å². The molecule has 0 saturated carbocycles. The van der Waals surface area contributed by atoms with Crippen molar-refractivity contribution in [1.29, 1.82) is 0 Å². The number of rotatable bonds is 8. The maximum absolute atomic E-state index is 5.66. The van der Waals surface area contributed by atoms with Crippen LogP contribution in [0.1, 0.15) is 27.2 Å². The molecule has 1 N–H and O–H groups in total. The van der Waals surface area contributed by atoms with E-state index in [0.717, 1.165) is 18.8 Å². The molecule has 19 heavy (non-hydrogen) atoms. The second kappa shape index (κ2) is 8.05. The summed E-state index contributed by atoms with van der Waals surface area (Å²) in [5, 5.41) is 3.26. The zero-order valence-corrected chi connectivity index (χ0v) is 12.9. The molecule has 0 aliphatic rings. The Morgan fingerprint density at radius 3 is 2.32 bits per heavy atom. The Morgan fingerprint density at radius 2 is 1.84 bits per heavy atom. The summed E-state index contributed by atoms with van der Waals surface area (Å²) in [5.41, 5.74) is 1.24. The Bertz CT molecular complexity index is 348. The van der Waals surface area contributed by atoms with Crippen molar-refractivity contribution < 1.29 is 4.74 Å². The molecule has 1 rings (SSSR count). The Kier molecular flexibility index (Phi) is 6.71. The second-order valence-corrected chi connectivity index (χ2v) is 5.37. The van der Waals surface area contributed by atoms with Crippen molar-refractivity contribution in [1.82, 2.24) is 5.32 Å². The molecule has 0 bridgehead atoms. The molecule has 0 aromatic heterocycles. The Morgan fingerprint density at radius 1 is 1.21 bits per heavy atom. The molecule has 0 radical (unpaired) electrons. The van der Waals surface area contributed by atoms with E-state index >= 15 is 0 Å². The van der Waals surface area contributed by atoms with E-state index in [1.165, 1.54) is 12.1 Å². The zero-order chi connectivity index (χ0) is 14.3. The first-order valence-corrected chi connectivity index (χ1v) is 7.19. The van der Waals surface area contributed by atoms with Crippen molar-refractivity contribution in [3.05, 3.63) is 24.3 Å². The summed E-state index contributed by atoms with van der Waals surface area (Å²) in [6.45, 7) is 8.47. The van der Waals surface area contributed by atoms with Gasteiger partial charge in [-0.3, -0.25) is 0 Å². The minimum atomic E-state index is 0.226. The third kappa shape index (κ3) is 5.52. The largest absolute Gasteiger partial charge is 0.491 e. The number of ether oxygens (including phenoxy) is 1. The van der Waals surface area contributed by atoms with Crippen molar-refractivity contribution in [3.63, 3.8) is 0 Å². The van der Waals surface area contributed by atoms with Crippen LogP contribution >= 0.6 is 0 Å². The topological polar surface area (TPSA) is 24.5 Å². The van der Waals surface area contributed by atoms with Gasteiger partial charge in [0, 0.05) is 19.3 Å². The summed E-state index contributed by atoms with van der Waals surface area (Å²) in [5.74, 6) is 1.62. The SMILES string of the molecule is CCC(CNC)CN(C)c1ccc(OC(C)C)cc1. The fourth-order valence-electron chi connectivity index (χ4n) is 2.17. The lowest BCUT2D eigenvalue weighted by Crippen LogP contribution is -2.30. The summed E-state index contributed by atoms with van der Waals surface area (Å²) in [6, 6.07) is 8.35. The predicted molar refractivity (Wildman–Crippen MR) is 83.2 cm³/mol. The van der Waals surface area contributed by atoms with Gasteiger partial charge in [0.15, 0.2) is 0 Å². The molecule has 0 aliphatic carbocycles. The van der Waals surface area contributed by atoms with Crippen molar-refractivity contribution >= 4 is 5.69 Å². The molecule has 1 unspecified atom stereocenters. The normalized spacial score (nSPS) is 12.5. The van der Waals surface area contributed by atoms with Crippen LogP contribution in [0.5, 0.6) is 5.75 Å². The summed E-state index contributed by atoms with van der Waals surface area (Å²) >= 11 is 0. The fourth-order valence-corrected chi connectivity index (χ4v) is 2.17. The number of hydrogen-bond acceptors (Lipinski definition) is 3. The van der Waals surface area contributed by atoms with Crippen LogP contribution < -0.4 is 15.0 Å². The van der Waals surface area contributed by atoms with Gasteiger partial charge >= 0.3 is 0 Å². The van der Waals surface area contributed by atoms with E-state index in [0.29, 0.717) is 5.92 Å². The van der Waals surface area contributed by atoms with Crippen LogP contribution in [0, 0.1) is 5.92 Å². The number of nitrogens with one attached hydrogen (secondary N) is 1. The summed E-state index contributed by atoms with van der Waals surface area (Å²) in [6.07, 6.45) is 1.42. The van der Waals surface area contributed by atoms with Gasteiger partial charge in [-0.1, -0.05) is 13.3 Å². The van der Waals surface area contributed by atoms with Crippen molar-refractivity contribution in [2.75, 3.05) is 32.1 Å². The number of anilines is 1. The third-order valence-corrected chi connectivity index (χ3v) is 3.25. The van der Waals surface area contributed by atoms with Gasteiger partial charge in [0.2, 0.25) is 0 Å². The highest BCUT2D eigenvalue weighted by Crippen LogP contribution is 2.20. The predicted octanol–water partition coefficient (Wildman–Crippen LogP) is 3.16. The quantitative estimate of drug-likeness (QED) is 0.780. The number of nitrogens with zero attached hydrogens (tertiary/aromatic N) is 1. The van der Waals surface area contributed by atoms with Crippen LogP contribution in [-0.2, 0) is 0 Å². The van der Waals surface area contributed by atoms with Crippen molar-refractivity contribution in [2.24, 2.45) is 5.92 Å². The van der Waals surface area contributed by atoms with Gasteiger partial charge in [-0.05, 0) is 57.6 Å². The van der Waals surface area contributed by atoms with Crippen LogP contribution in [0.3, 0.4) is 0 Å². The minimum absolute atomic E-state index is 0.226. The van der Waals surface area contributed by atoms with Crippen molar-refractivity contribution in [2.45, 2.75) is 33.3 Å². The first-order chi connectivity index (χ1) is 9.06. The van der Waals surface area contributed by atoms with Gasteiger partial charge in [0.25, 0.3) is 0 Å². The molecule has 3 heteroatoms. The zero-order valence-electron chi connectivity index (χ0n) is 12.9. The molecular formula is C16H28N2O. The van der Waals surface area contributed by atoms with Gasteiger partial charge in [0.1, 0.15) is 5.75 Å². The highest BCUT2D eigenvalue weighted by Gasteiger charge is 2.09. The van der Waals surface area contributed by atoms with E-state index < -0.39 is 0 Å². The van der Waals surface area contributed by atoms with Crippen LogP contribution in [-0.4, -0.2) is 33.3 Å². The Labute approximate surface area is 118 Å². The highest BCUT2D eigenvalue weighted by molar-refractivity contribution is 5.48. The lowest BCUT2D eigenvalue weighted by atomic mass is 10.1. The number of benzene rings is 1. The van der Waals surface area contributed by atoms with E-state index in [-0.39, 0.29) is 6.10 Å². The van der Waals surface area contributed by atoms with E-state index in [1.807, 2.05) is 33.0 Å². The van der Waals surface area contributed by atoms with Crippen LogP contribution in [0.15, 0.2) is 24.3 Å². The van der Waals surface area contributed by atoms with Gasteiger partial charge < -0.3 is 15.0 Å². The molecule has 0 aliphatic heterocycles.